The van der Waals surface area contributed by atoms with Crippen molar-refractivity contribution in [3.05, 3.63) is 78.1 Å². The first-order chi connectivity index (χ1) is 16.4. The van der Waals surface area contributed by atoms with Crippen molar-refractivity contribution in [2.45, 2.75) is 33.4 Å². The number of ether oxygens (including phenoxy) is 1. The Morgan fingerprint density at radius 2 is 1.82 bits per heavy atom. The number of nitrogens with one attached hydrogen (secondary N) is 1. The van der Waals surface area contributed by atoms with Crippen molar-refractivity contribution in [2.75, 3.05) is 31.1 Å². The van der Waals surface area contributed by atoms with E-state index < -0.39 is 18.0 Å². The standard InChI is InChI=1S/C27H32FN3O3/c1-4-6-14-30(15-7-5-2)18-21-8-10-22(11-9-21)25-13-12-23(16-26(25)28)31-19-24(34-27(31)33)17-29-20(3)32/h4-13,16,24H,14-15,17-19H2,1-3H3,(H,29,32)/b6-4+,7-5+/t24-/m0/s1. The van der Waals surface area contributed by atoms with Crippen LogP contribution in [-0.2, 0) is 16.1 Å². The Hall–Kier alpha value is -3.45. The number of carbonyl (C=O) groups is 2. The molecule has 2 aromatic rings. The minimum Gasteiger partial charge on any atom is -0.442 e. The maximum atomic E-state index is 15.0. The third kappa shape index (κ3) is 6.78. The Morgan fingerprint density at radius 1 is 1.15 bits per heavy atom. The van der Waals surface area contributed by atoms with Crippen LogP contribution >= 0.6 is 0 Å². The predicted molar refractivity (Wildman–Crippen MR) is 133 cm³/mol. The van der Waals surface area contributed by atoms with Gasteiger partial charge in [-0.25, -0.2) is 9.18 Å². The van der Waals surface area contributed by atoms with E-state index in [-0.39, 0.29) is 19.0 Å². The highest BCUT2D eigenvalue weighted by Gasteiger charge is 2.32. The van der Waals surface area contributed by atoms with Gasteiger partial charge in [0.15, 0.2) is 0 Å². The van der Waals surface area contributed by atoms with Crippen LogP contribution in [0.5, 0.6) is 0 Å². The highest BCUT2D eigenvalue weighted by Crippen LogP contribution is 2.29. The zero-order valence-corrected chi connectivity index (χ0v) is 20.0. The van der Waals surface area contributed by atoms with E-state index in [1.54, 1.807) is 12.1 Å². The van der Waals surface area contributed by atoms with Crippen molar-refractivity contribution in [1.82, 2.24) is 10.2 Å². The fraction of sp³-hybridized carbons (Fsp3) is 0.333. The lowest BCUT2D eigenvalue weighted by atomic mass is 10.0. The molecule has 2 aromatic carbocycles. The summed E-state index contributed by atoms with van der Waals surface area (Å²) in [4.78, 5) is 27.0. The molecule has 34 heavy (non-hydrogen) atoms. The zero-order valence-electron chi connectivity index (χ0n) is 20.0. The van der Waals surface area contributed by atoms with Crippen LogP contribution in [0.2, 0.25) is 0 Å². The van der Waals surface area contributed by atoms with Crippen LogP contribution in [0.25, 0.3) is 11.1 Å². The van der Waals surface area contributed by atoms with E-state index in [1.807, 2.05) is 50.3 Å². The highest BCUT2D eigenvalue weighted by molar-refractivity contribution is 5.90. The van der Waals surface area contributed by atoms with Crippen molar-refractivity contribution in [2.24, 2.45) is 0 Å². The zero-order chi connectivity index (χ0) is 24.5. The minimum atomic E-state index is -0.549. The number of nitrogens with zero attached hydrogens (tertiary/aromatic N) is 2. The molecule has 0 bridgehead atoms. The second-order valence-corrected chi connectivity index (χ2v) is 8.25. The molecule has 0 unspecified atom stereocenters. The molecule has 1 aliphatic heterocycles. The Morgan fingerprint density at radius 3 is 2.41 bits per heavy atom. The number of anilines is 1. The summed E-state index contributed by atoms with van der Waals surface area (Å²) in [7, 11) is 0. The van der Waals surface area contributed by atoms with Crippen molar-refractivity contribution < 1.29 is 18.7 Å². The largest absolute Gasteiger partial charge is 0.442 e. The Bertz CT molecular complexity index is 1040. The average molecular weight is 466 g/mol. The number of hydrogen-bond acceptors (Lipinski definition) is 4. The fourth-order valence-corrected chi connectivity index (χ4v) is 3.76. The summed E-state index contributed by atoms with van der Waals surface area (Å²) < 4.78 is 20.3. The molecular weight excluding hydrogens is 433 g/mol. The van der Waals surface area contributed by atoms with Crippen LogP contribution in [0.4, 0.5) is 14.9 Å². The molecule has 0 aromatic heterocycles. The molecule has 1 atom stereocenters. The summed E-state index contributed by atoms with van der Waals surface area (Å²) >= 11 is 0. The number of hydrogen-bond donors (Lipinski definition) is 1. The van der Waals surface area contributed by atoms with Crippen molar-refractivity contribution >= 4 is 17.7 Å². The van der Waals surface area contributed by atoms with Crippen LogP contribution in [0, 0.1) is 5.82 Å². The maximum absolute atomic E-state index is 15.0. The van der Waals surface area contributed by atoms with Crippen LogP contribution in [-0.4, -0.2) is 49.2 Å². The Balaban J connectivity index is 1.68. The summed E-state index contributed by atoms with van der Waals surface area (Å²) in [6.45, 7) is 8.44. The van der Waals surface area contributed by atoms with Gasteiger partial charge in [0, 0.05) is 32.1 Å². The number of cyclic esters (lactones) is 1. The quantitative estimate of drug-likeness (QED) is 0.507. The minimum absolute atomic E-state index is 0.195. The summed E-state index contributed by atoms with van der Waals surface area (Å²) in [6.07, 6.45) is 7.34. The van der Waals surface area contributed by atoms with Crippen molar-refractivity contribution in [1.29, 1.82) is 0 Å². The third-order valence-electron chi connectivity index (χ3n) is 5.59. The average Bonchev–Trinajstić information content (AvgIpc) is 3.20. The molecule has 1 aliphatic rings. The number of amides is 2. The molecule has 0 aliphatic carbocycles. The molecule has 0 saturated carbocycles. The van der Waals surface area contributed by atoms with Gasteiger partial charge >= 0.3 is 6.09 Å². The highest BCUT2D eigenvalue weighted by atomic mass is 19.1. The molecule has 1 N–H and O–H groups in total. The summed E-state index contributed by atoms with van der Waals surface area (Å²) in [5, 5.41) is 2.63. The topological polar surface area (TPSA) is 61.9 Å². The van der Waals surface area contributed by atoms with Gasteiger partial charge in [0.1, 0.15) is 11.9 Å². The maximum Gasteiger partial charge on any atom is 0.414 e. The van der Waals surface area contributed by atoms with E-state index in [2.05, 4.69) is 22.4 Å². The molecule has 180 valence electrons. The van der Waals surface area contributed by atoms with Crippen LogP contribution in [0.15, 0.2) is 66.8 Å². The van der Waals surface area contributed by atoms with Gasteiger partial charge in [0.25, 0.3) is 0 Å². The van der Waals surface area contributed by atoms with Crippen molar-refractivity contribution in [3.63, 3.8) is 0 Å². The molecule has 0 radical (unpaired) electrons. The number of benzene rings is 2. The van der Waals surface area contributed by atoms with Gasteiger partial charge in [-0.1, -0.05) is 48.6 Å². The second kappa shape index (κ2) is 12.1. The first kappa shape index (κ1) is 25.2. The van der Waals surface area contributed by atoms with Crippen LogP contribution in [0.1, 0.15) is 26.3 Å². The smallest absolute Gasteiger partial charge is 0.414 e. The van der Waals surface area contributed by atoms with Gasteiger partial charge in [-0.3, -0.25) is 14.6 Å². The lowest BCUT2D eigenvalue weighted by Gasteiger charge is -2.19. The molecule has 0 spiro atoms. The number of halogens is 1. The molecule has 1 heterocycles. The Kier molecular flexibility index (Phi) is 8.99. The first-order valence-corrected chi connectivity index (χ1v) is 11.5. The summed E-state index contributed by atoms with van der Waals surface area (Å²) in [5.41, 5.74) is 2.82. The molecule has 1 saturated heterocycles. The normalized spacial score (nSPS) is 16.1. The number of allylic oxidation sites excluding steroid dienone is 2. The van der Waals surface area contributed by atoms with Crippen molar-refractivity contribution in [3.8, 4) is 11.1 Å². The van der Waals surface area contributed by atoms with Gasteiger partial charge in [0.05, 0.1) is 18.8 Å². The van der Waals surface area contributed by atoms with E-state index in [9.17, 15) is 14.0 Å². The summed E-state index contributed by atoms with van der Waals surface area (Å²) in [5.74, 6) is -0.606. The van der Waals surface area contributed by atoms with Gasteiger partial charge in [0.2, 0.25) is 5.91 Å². The monoisotopic (exact) mass is 465 g/mol. The number of rotatable bonds is 10. The van der Waals surface area contributed by atoms with Gasteiger partial charge in [-0.05, 0) is 43.2 Å². The molecule has 1 fully saturated rings. The lowest BCUT2D eigenvalue weighted by molar-refractivity contribution is -0.119. The van der Waals surface area contributed by atoms with Crippen LogP contribution < -0.4 is 10.2 Å². The molecule has 2 amide bonds. The van der Waals surface area contributed by atoms with E-state index in [4.69, 9.17) is 4.74 Å². The van der Waals surface area contributed by atoms with E-state index in [0.29, 0.717) is 11.3 Å². The van der Waals surface area contributed by atoms with Gasteiger partial charge in [-0.15, -0.1) is 0 Å². The lowest BCUT2D eigenvalue weighted by Crippen LogP contribution is -2.33. The van der Waals surface area contributed by atoms with Crippen LogP contribution in [0.3, 0.4) is 0 Å². The van der Waals surface area contributed by atoms with Gasteiger partial charge in [-0.2, -0.15) is 0 Å². The van der Waals surface area contributed by atoms with E-state index in [1.165, 1.54) is 17.9 Å². The summed E-state index contributed by atoms with van der Waals surface area (Å²) in [6, 6.07) is 12.6. The molecule has 7 heteroatoms. The first-order valence-electron chi connectivity index (χ1n) is 11.5. The fourth-order valence-electron chi connectivity index (χ4n) is 3.76. The molecular formula is C27H32FN3O3. The second-order valence-electron chi connectivity index (χ2n) is 8.25. The van der Waals surface area contributed by atoms with E-state index in [0.717, 1.165) is 30.8 Å². The van der Waals surface area contributed by atoms with E-state index >= 15 is 0 Å². The predicted octanol–water partition coefficient (Wildman–Crippen LogP) is 4.91. The Labute approximate surface area is 200 Å². The molecule has 6 nitrogen and oxygen atoms in total. The SMILES string of the molecule is C/C=C/CN(C/C=C/C)Cc1ccc(-c2ccc(N3C[C@H](CNC(C)=O)OC3=O)cc2F)cc1. The molecule has 3 rings (SSSR count). The number of carbonyl (C=O) groups excluding carboxylic acids is 2. The third-order valence-corrected chi connectivity index (χ3v) is 5.59. The van der Waals surface area contributed by atoms with Gasteiger partial charge < -0.3 is 10.1 Å².